The summed E-state index contributed by atoms with van der Waals surface area (Å²) in [4.78, 5) is 14.8. The van der Waals surface area contributed by atoms with Crippen LogP contribution < -0.4 is 0 Å². The monoisotopic (exact) mass is 215 g/mol. The highest BCUT2D eigenvalue weighted by atomic mass is 16.4. The molecule has 3 nitrogen and oxygen atoms in total. The van der Waals surface area contributed by atoms with Gasteiger partial charge in [0, 0.05) is 18.3 Å². The Kier molecular flexibility index (Phi) is 3.15. The van der Waals surface area contributed by atoms with E-state index in [0.717, 1.165) is 18.6 Å². The van der Waals surface area contributed by atoms with E-state index >= 15 is 0 Å². The van der Waals surface area contributed by atoms with Crippen molar-refractivity contribution in [1.29, 1.82) is 0 Å². The van der Waals surface area contributed by atoms with Crippen LogP contribution in [0.4, 0.5) is 0 Å². The smallest absolute Gasteiger partial charge is 0.333 e. The summed E-state index contributed by atoms with van der Waals surface area (Å²) >= 11 is 0. The summed E-state index contributed by atoms with van der Waals surface area (Å²) < 4.78 is 0. The zero-order chi connectivity index (χ0) is 11.4. The van der Waals surface area contributed by atoms with Gasteiger partial charge < -0.3 is 5.11 Å². The SMILES string of the molecule is O=C(O)C1=CN=C(CCc2ccccc2)C1. The van der Waals surface area contributed by atoms with E-state index < -0.39 is 5.97 Å². The number of aryl methyl sites for hydroxylation is 1. The van der Waals surface area contributed by atoms with Crippen molar-refractivity contribution in [3.63, 3.8) is 0 Å². The van der Waals surface area contributed by atoms with Crippen LogP contribution in [0, 0.1) is 0 Å². The first kappa shape index (κ1) is 10.6. The van der Waals surface area contributed by atoms with E-state index in [9.17, 15) is 4.79 Å². The first-order chi connectivity index (χ1) is 7.75. The quantitative estimate of drug-likeness (QED) is 0.838. The topological polar surface area (TPSA) is 49.7 Å². The van der Waals surface area contributed by atoms with Crippen molar-refractivity contribution >= 4 is 11.7 Å². The first-order valence-electron chi connectivity index (χ1n) is 5.27. The standard InChI is InChI=1S/C13H13NO2/c15-13(16)11-8-12(14-9-11)7-6-10-4-2-1-3-5-10/h1-5,9H,6-8H2,(H,15,16). The fourth-order valence-electron chi connectivity index (χ4n) is 1.70. The third-order valence-electron chi connectivity index (χ3n) is 2.62. The molecule has 1 aromatic rings. The molecule has 0 bridgehead atoms. The van der Waals surface area contributed by atoms with Gasteiger partial charge in [0.05, 0.1) is 5.57 Å². The molecule has 1 N–H and O–H groups in total. The number of hydrogen-bond acceptors (Lipinski definition) is 2. The molecule has 0 saturated heterocycles. The number of nitrogens with zero attached hydrogens (tertiary/aromatic N) is 1. The van der Waals surface area contributed by atoms with Gasteiger partial charge >= 0.3 is 5.97 Å². The number of hydrogen-bond donors (Lipinski definition) is 1. The molecule has 0 aliphatic carbocycles. The Morgan fingerprint density at radius 2 is 2.00 bits per heavy atom. The molecule has 0 aromatic heterocycles. The van der Waals surface area contributed by atoms with Crippen LogP contribution in [0.3, 0.4) is 0 Å². The van der Waals surface area contributed by atoms with Crippen molar-refractivity contribution in [2.45, 2.75) is 19.3 Å². The molecule has 3 heteroatoms. The van der Waals surface area contributed by atoms with E-state index in [2.05, 4.69) is 17.1 Å². The van der Waals surface area contributed by atoms with Gasteiger partial charge in [-0.05, 0) is 18.4 Å². The van der Waals surface area contributed by atoms with Gasteiger partial charge in [0.2, 0.25) is 0 Å². The number of carboxylic acid groups (broad SMARTS) is 1. The van der Waals surface area contributed by atoms with Gasteiger partial charge in [0.15, 0.2) is 0 Å². The summed E-state index contributed by atoms with van der Waals surface area (Å²) in [5.41, 5.74) is 2.61. The number of carboxylic acids is 1. The van der Waals surface area contributed by atoms with Crippen LogP contribution in [0.2, 0.25) is 0 Å². The zero-order valence-electron chi connectivity index (χ0n) is 8.89. The fraction of sp³-hybridized carbons (Fsp3) is 0.231. The maximum Gasteiger partial charge on any atom is 0.333 e. The average molecular weight is 215 g/mol. The molecule has 0 spiro atoms. The number of carbonyl (C=O) groups is 1. The second-order valence-corrected chi connectivity index (χ2v) is 3.82. The van der Waals surface area contributed by atoms with Crippen molar-refractivity contribution in [2.24, 2.45) is 4.99 Å². The number of aliphatic imine (C=N–C) groups is 1. The molecule has 16 heavy (non-hydrogen) atoms. The minimum absolute atomic E-state index is 0.392. The van der Waals surface area contributed by atoms with Crippen molar-refractivity contribution < 1.29 is 9.90 Å². The molecule has 0 fully saturated rings. The minimum atomic E-state index is -0.863. The third kappa shape index (κ3) is 2.57. The lowest BCUT2D eigenvalue weighted by Gasteiger charge is -2.01. The van der Waals surface area contributed by atoms with Crippen molar-refractivity contribution in [3.05, 3.63) is 47.7 Å². The molecule has 0 atom stereocenters. The van der Waals surface area contributed by atoms with E-state index in [-0.39, 0.29) is 0 Å². The van der Waals surface area contributed by atoms with Crippen LogP contribution in [-0.2, 0) is 11.2 Å². The first-order valence-corrected chi connectivity index (χ1v) is 5.27. The third-order valence-corrected chi connectivity index (χ3v) is 2.62. The Morgan fingerprint density at radius 3 is 2.62 bits per heavy atom. The van der Waals surface area contributed by atoms with Gasteiger partial charge in [-0.2, -0.15) is 0 Å². The Morgan fingerprint density at radius 1 is 1.25 bits per heavy atom. The predicted octanol–water partition coefficient (Wildman–Crippen LogP) is 2.43. The van der Waals surface area contributed by atoms with Crippen LogP contribution in [-0.4, -0.2) is 16.8 Å². The predicted molar refractivity (Wildman–Crippen MR) is 62.5 cm³/mol. The average Bonchev–Trinajstić information content (AvgIpc) is 2.76. The molecule has 0 radical (unpaired) electrons. The molecule has 2 rings (SSSR count). The summed E-state index contributed by atoms with van der Waals surface area (Å²) in [5.74, 6) is -0.863. The van der Waals surface area contributed by atoms with E-state index in [4.69, 9.17) is 5.11 Å². The number of aliphatic carboxylic acids is 1. The maximum absolute atomic E-state index is 10.7. The Hall–Kier alpha value is -1.90. The lowest BCUT2D eigenvalue weighted by Crippen LogP contribution is -2.04. The van der Waals surface area contributed by atoms with Gasteiger partial charge in [-0.15, -0.1) is 0 Å². The van der Waals surface area contributed by atoms with Crippen molar-refractivity contribution in [1.82, 2.24) is 0 Å². The molecule has 0 amide bonds. The van der Waals surface area contributed by atoms with Crippen molar-refractivity contribution in [3.8, 4) is 0 Å². The maximum atomic E-state index is 10.7. The largest absolute Gasteiger partial charge is 0.478 e. The summed E-state index contributed by atoms with van der Waals surface area (Å²) in [6.45, 7) is 0. The highest BCUT2D eigenvalue weighted by Crippen LogP contribution is 2.15. The molecular weight excluding hydrogens is 202 g/mol. The molecule has 0 unspecified atom stereocenters. The van der Waals surface area contributed by atoms with Crippen LogP contribution in [0.15, 0.2) is 47.1 Å². The Balaban J connectivity index is 1.84. The van der Waals surface area contributed by atoms with E-state index in [1.807, 2.05) is 18.2 Å². The van der Waals surface area contributed by atoms with Crippen LogP contribution in [0.1, 0.15) is 18.4 Å². The molecule has 1 heterocycles. The lowest BCUT2D eigenvalue weighted by molar-refractivity contribution is -0.132. The van der Waals surface area contributed by atoms with Crippen LogP contribution in [0.5, 0.6) is 0 Å². The summed E-state index contributed by atoms with van der Waals surface area (Å²) in [7, 11) is 0. The summed E-state index contributed by atoms with van der Waals surface area (Å²) in [6.07, 6.45) is 3.70. The van der Waals surface area contributed by atoms with Gasteiger partial charge in [0.25, 0.3) is 0 Å². The lowest BCUT2D eigenvalue weighted by atomic mass is 10.0. The molecule has 1 aromatic carbocycles. The Bertz CT molecular complexity index is 446. The summed E-state index contributed by atoms with van der Waals surface area (Å²) in [6, 6.07) is 10.1. The zero-order valence-corrected chi connectivity index (χ0v) is 8.89. The molecule has 82 valence electrons. The number of rotatable bonds is 4. The van der Waals surface area contributed by atoms with Crippen molar-refractivity contribution in [2.75, 3.05) is 0 Å². The normalized spacial score (nSPS) is 14.5. The minimum Gasteiger partial charge on any atom is -0.478 e. The molecule has 0 saturated carbocycles. The van der Waals surface area contributed by atoms with Crippen LogP contribution in [0.25, 0.3) is 0 Å². The molecule has 1 aliphatic heterocycles. The fourth-order valence-corrected chi connectivity index (χ4v) is 1.70. The second-order valence-electron chi connectivity index (χ2n) is 3.82. The van der Waals surface area contributed by atoms with Crippen LogP contribution >= 0.6 is 0 Å². The van der Waals surface area contributed by atoms with E-state index in [1.54, 1.807) is 0 Å². The van der Waals surface area contributed by atoms with Gasteiger partial charge in [0.1, 0.15) is 0 Å². The van der Waals surface area contributed by atoms with Gasteiger partial charge in [-0.1, -0.05) is 30.3 Å². The molecular formula is C13H13NO2. The highest BCUT2D eigenvalue weighted by Gasteiger charge is 2.15. The van der Waals surface area contributed by atoms with E-state index in [1.165, 1.54) is 11.8 Å². The van der Waals surface area contributed by atoms with Gasteiger partial charge in [-0.25, -0.2) is 4.79 Å². The Labute approximate surface area is 94.1 Å². The number of benzene rings is 1. The van der Waals surface area contributed by atoms with Gasteiger partial charge in [-0.3, -0.25) is 4.99 Å². The summed E-state index contributed by atoms with van der Waals surface area (Å²) in [5, 5.41) is 8.77. The second kappa shape index (κ2) is 4.75. The molecule has 1 aliphatic rings. The highest BCUT2D eigenvalue weighted by molar-refractivity contribution is 6.00. The van der Waals surface area contributed by atoms with E-state index in [0.29, 0.717) is 12.0 Å².